The molecule has 0 aromatic rings. The van der Waals surface area contributed by atoms with E-state index in [4.69, 9.17) is 4.89 Å². The summed E-state index contributed by atoms with van der Waals surface area (Å²) in [5.41, 5.74) is 1.91. The van der Waals surface area contributed by atoms with Gasteiger partial charge in [-0.15, -0.1) is 0 Å². The molecule has 0 saturated heterocycles. The highest BCUT2D eigenvalue weighted by Crippen LogP contribution is 2.67. The van der Waals surface area contributed by atoms with Crippen molar-refractivity contribution in [1.82, 2.24) is 0 Å². The first-order chi connectivity index (χ1) is 14.2. The molecular formula is C27H46O3. The number of aliphatic hydroxyl groups excluding tert-OH is 1. The summed E-state index contributed by atoms with van der Waals surface area (Å²) < 4.78 is 0. The molecule has 0 aromatic heterocycles. The van der Waals surface area contributed by atoms with Crippen LogP contribution in [0.4, 0.5) is 0 Å². The van der Waals surface area contributed by atoms with E-state index in [9.17, 15) is 10.4 Å². The van der Waals surface area contributed by atoms with Gasteiger partial charge >= 0.3 is 0 Å². The largest absolute Gasteiger partial charge is 0.393 e. The van der Waals surface area contributed by atoms with Gasteiger partial charge in [-0.05, 0) is 91.3 Å². The molecule has 3 saturated carbocycles. The predicted molar refractivity (Wildman–Crippen MR) is 122 cm³/mol. The Morgan fingerprint density at radius 2 is 1.80 bits per heavy atom. The molecule has 0 bridgehead atoms. The van der Waals surface area contributed by atoms with Crippen LogP contribution < -0.4 is 0 Å². The van der Waals surface area contributed by atoms with Crippen LogP contribution >= 0.6 is 0 Å². The van der Waals surface area contributed by atoms with Gasteiger partial charge in [0.05, 0.1) is 6.10 Å². The van der Waals surface area contributed by atoms with Gasteiger partial charge in [0, 0.05) is 0 Å². The monoisotopic (exact) mass is 418 g/mol. The first kappa shape index (κ1) is 22.8. The Bertz CT molecular complexity index is 642. The van der Waals surface area contributed by atoms with Crippen LogP contribution in [0.5, 0.6) is 0 Å². The van der Waals surface area contributed by atoms with Crippen LogP contribution in [0.15, 0.2) is 11.6 Å². The molecule has 4 aliphatic rings. The van der Waals surface area contributed by atoms with Gasteiger partial charge in [0.1, 0.15) is 6.10 Å². The summed E-state index contributed by atoms with van der Waals surface area (Å²) in [5.74, 6) is 4.05. The normalized spacial score (nSPS) is 46.7. The Kier molecular flexibility index (Phi) is 6.48. The van der Waals surface area contributed by atoms with Crippen LogP contribution in [0.25, 0.3) is 0 Å². The van der Waals surface area contributed by atoms with E-state index in [1.54, 1.807) is 0 Å². The van der Waals surface area contributed by atoms with Crippen LogP contribution in [0.1, 0.15) is 98.8 Å². The lowest BCUT2D eigenvalue weighted by Crippen LogP contribution is -2.55. The van der Waals surface area contributed by atoms with Gasteiger partial charge in [0.15, 0.2) is 0 Å². The van der Waals surface area contributed by atoms with Crippen LogP contribution in [0.2, 0.25) is 0 Å². The van der Waals surface area contributed by atoms with Crippen molar-refractivity contribution in [3.63, 3.8) is 0 Å². The Labute approximate surface area is 184 Å². The van der Waals surface area contributed by atoms with Crippen molar-refractivity contribution in [2.75, 3.05) is 0 Å². The molecule has 4 aliphatic carbocycles. The van der Waals surface area contributed by atoms with E-state index < -0.39 is 0 Å². The minimum Gasteiger partial charge on any atom is -0.393 e. The second kappa shape index (κ2) is 8.52. The van der Waals surface area contributed by atoms with Crippen molar-refractivity contribution in [2.45, 2.75) is 111 Å². The lowest BCUT2D eigenvalue weighted by atomic mass is 9.46. The average Bonchev–Trinajstić information content (AvgIpc) is 3.05. The fourth-order valence-electron chi connectivity index (χ4n) is 8.73. The molecule has 0 aliphatic heterocycles. The molecule has 0 radical (unpaired) electrons. The Balaban J connectivity index is 1.56. The molecule has 4 rings (SSSR count). The highest BCUT2D eigenvalue weighted by atomic mass is 17.1. The third kappa shape index (κ3) is 3.71. The number of rotatable bonds is 6. The Morgan fingerprint density at radius 3 is 2.50 bits per heavy atom. The molecule has 3 fully saturated rings. The summed E-state index contributed by atoms with van der Waals surface area (Å²) in [6.45, 7) is 12.2. The molecule has 0 aromatic carbocycles. The SMILES string of the molecule is CC(C)CCC[C@@H](C)[C@H]1CC[C@H]2[C@@H]3[C@H](OO)C=C4CC(O)CC[C@]4(C)[C@H]3CC[C@]12C. The number of fused-ring (bicyclic) bond motifs is 5. The molecular weight excluding hydrogens is 372 g/mol. The lowest BCUT2D eigenvalue weighted by molar-refractivity contribution is -0.296. The summed E-state index contributed by atoms with van der Waals surface area (Å²) in [6.07, 6.45) is 13.8. The van der Waals surface area contributed by atoms with Gasteiger partial charge in [-0.2, -0.15) is 0 Å². The van der Waals surface area contributed by atoms with Crippen molar-refractivity contribution in [3.05, 3.63) is 11.6 Å². The minimum atomic E-state index is -0.225. The first-order valence-corrected chi connectivity index (χ1v) is 12.9. The summed E-state index contributed by atoms with van der Waals surface area (Å²) in [7, 11) is 0. The Hall–Kier alpha value is -0.380. The molecule has 1 unspecified atom stereocenters. The van der Waals surface area contributed by atoms with Crippen LogP contribution in [-0.2, 0) is 4.89 Å². The van der Waals surface area contributed by atoms with E-state index in [1.807, 2.05) is 0 Å². The van der Waals surface area contributed by atoms with Gasteiger partial charge in [-0.1, -0.05) is 65.5 Å². The van der Waals surface area contributed by atoms with Gasteiger partial charge in [-0.25, -0.2) is 4.89 Å². The zero-order chi connectivity index (χ0) is 21.7. The van der Waals surface area contributed by atoms with Gasteiger partial charge in [0.2, 0.25) is 0 Å². The number of hydrogen-bond donors (Lipinski definition) is 2. The van der Waals surface area contributed by atoms with Crippen molar-refractivity contribution in [1.29, 1.82) is 0 Å². The molecule has 2 N–H and O–H groups in total. The molecule has 0 heterocycles. The molecule has 9 atom stereocenters. The van der Waals surface area contributed by atoms with E-state index in [-0.39, 0.29) is 17.6 Å². The van der Waals surface area contributed by atoms with Crippen molar-refractivity contribution >= 4 is 0 Å². The van der Waals surface area contributed by atoms with Crippen LogP contribution in [0.3, 0.4) is 0 Å². The van der Waals surface area contributed by atoms with Crippen LogP contribution in [0, 0.1) is 46.3 Å². The fraction of sp³-hybridized carbons (Fsp3) is 0.926. The van der Waals surface area contributed by atoms with Gasteiger partial charge < -0.3 is 5.11 Å². The first-order valence-electron chi connectivity index (χ1n) is 12.9. The summed E-state index contributed by atoms with van der Waals surface area (Å²) in [5, 5.41) is 20.2. The highest BCUT2D eigenvalue weighted by Gasteiger charge is 2.61. The maximum Gasteiger partial charge on any atom is 0.114 e. The molecule has 3 heteroatoms. The van der Waals surface area contributed by atoms with E-state index >= 15 is 0 Å². The fourth-order valence-corrected chi connectivity index (χ4v) is 8.73. The third-order valence-corrected chi connectivity index (χ3v) is 10.4. The third-order valence-electron chi connectivity index (χ3n) is 10.4. The topological polar surface area (TPSA) is 49.7 Å². The molecule has 172 valence electrons. The van der Waals surface area contributed by atoms with Crippen molar-refractivity contribution in [2.24, 2.45) is 46.3 Å². The zero-order valence-corrected chi connectivity index (χ0v) is 20.1. The van der Waals surface area contributed by atoms with E-state index in [1.165, 1.54) is 50.5 Å². The maximum absolute atomic E-state index is 10.3. The van der Waals surface area contributed by atoms with Crippen molar-refractivity contribution < 1.29 is 15.3 Å². The molecule has 0 spiro atoms. The number of hydrogen-bond acceptors (Lipinski definition) is 3. The average molecular weight is 419 g/mol. The number of aliphatic hydroxyl groups is 1. The molecule has 3 nitrogen and oxygen atoms in total. The Morgan fingerprint density at radius 1 is 1.03 bits per heavy atom. The predicted octanol–water partition coefficient (Wildman–Crippen LogP) is 6.86. The van der Waals surface area contributed by atoms with E-state index in [0.717, 1.165) is 37.0 Å². The van der Waals surface area contributed by atoms with Crippen molar-refractivity contribution in [3.8, 4) is 0 Å². The summed E-state index contributed by atoms with van der Waals surface area (Å²) >= 11 is 0. The maximum atomic E-state index is 10.3. The van der Waals surface area contributed by atoms with Gasteiger partial charge in [-0.3, -0.25) is 5.26 Å². The van der Waals surface area contributed by atoms with E-state index in [0.29, 0.717) is 23.2 Å². The van der Waals surface area contributed by atoms with E-state index in [2.05, 4.69) is 40.7 Å². The molecule has 0 amide bonds. The molecule has 30 heavy (non-hydrogen) atoms. The quantitative estimate of drug-likeness (QED) is 0.281. The minimum absolute atomic E-state index is 0.182. The second-order valence-corrected chi connectivity index (χ2v) is 12.4. The smallest absolute Gasteiger partial charge is 0.114 e. The standard InChI is InChI=1S/C27H46O3/c1-17(2)7-6-8-18(3)21-9-10-22-25-23(12-14-27(21,22)5)26(4)13-11-20(28)15-19(26)16-24(25)30-29/h16-18,20-25,28-29H,6-15H2,1-5H3/t18-,20?,21-,22+,23+,24-,25+,26+,27-/m1/s1. The summed E-state index contributed by atoms with van der Waals surface area (Å²) in [4.78, 5) is 5.17. The van der Waals surface area contributed by atoms with Crippen LogP contribution in [-0.4, -0.2) is 22.6 Å². The highest BCUT2D eigenvalue weighted by molar-refractivity contribution is 5.28. The second-order valence-electron chi connectivity index (χ2n) is 12.4. The lowest BCUT2D eigenvalue weighted by Gasteiger charge is -2.59. The van der Waals surface area contributed by atoms with Gasteiger partial charge in [0.25, 0.3) is 0 Å². The zero-order valence-electron chi connectivity index (χ0n) is 20.1. The summed E-state index contributed by atoms with van der Waals surface area (Å²) in [6, 6.07) is 0.